The highest BCUT2D eigenvalue weighted by Gasteiger charge is 2.36. The van der Waals surface area contributed by atoms with Crippen LogP contribution >= 0.6 is 11.3 Å². The molecule has 0 saturated heterocycles. The first-order chi connectivity index (χ1) is 29.5. The monoisotopic (exact) mass is 783 g/mol. The van der Waals surface area contributed by atoms with Gasteiger partial charge < -0.3 is 8.98 Å². The minimum absolute atomic E-state index is 0.0119. The van der Waals surface area contributed by atoms with Crippen LogP contribution < -0.4 is 0 Å². The van der Waals surface area contributed by atoms with Gasteiger partial charge in [-0.15, -0.1) is 11.3 Å². The highest BCUT2D eigenvalue weighted by Crippen LogP contribution is 2.54. The first kappa shape index (κ1) is 33.7. The van der Waals surface area contributed by atoms with Gasteiger partial charge in [-0.2, -0.15) is 0 Å². The molecule has 13 rings (SSSR count). The van der Waals surface area contributed by atoms with Crippen LogP contribution in [-0.2, 0) is 5.41 Å². The standard InChI is InChI=1S/C57H37NOS/c1-57(2)48-17-8-6-14-44(48)54-49(57)27-26-43-42-16-10-15-40(55(42)60-56(43)54)35-21-19-34(20-22-35)36-23-28-50-45(31-36)46-32-37(24-29-51(46)58(50)39-11-4-3-5-12-39)38-25-30-53-47(33-38)41-13-7-9-18-52(41)59-53/h3-33H,1-2H3. The van der Waals surface area contributed by atoms with Gasteiger partial charge >= 0.3 is 0 Å². The molecule has 0 unspecified atom stereocenters. The fourth-order valence-corrected chi connectivity index (χ4v) is 11.7. The molecule has 3 aromatic heterocycles. The quantitative estimate of drug-likeness (QED) is 0.174. The van der Waals surface area contributed by atoms with Gasteiger partial charge in [0.15, 0.2) is 0 Å². The van der Waals surface area contributed by atoms with E-state index in [0.717, 1.165) is 27.6 Å². The number of rotatable bonds is 4. The summed E-state index contributed by atoms with van der Waals surface area (Å²) in [6.07, 6.45) is 0. The van der Waals surface area contributed by atoms with Crippen LogP contribution in [0.1, 0.15) is 25.0 Å². The lowest BCUT2D eigenvalue weighted by molar-refractivity contribution is 0.661. The SMILES string of the molecule is CC1(C)c2ccccc2-c2c1ccc1c2sc2c(-c3ccc(-c4ccc5c(c4)c4cc(-c6ccc7oc8ccccc8c7c6)ccc4n5-c4ccccc4)cc3)cccc21. The van der Waals surface area contributed by atoms with Crippen LogP contribution in [0.15, 0.2) is 192 Å². The number of fused-ring (bicyclic) bond motifs is 13. The Morgan fingerprint density at radius 2 is 0.983 bits per heavy atom. The van der Waals surface area contributed by atoms with Crippen molar-refractivity contribution in [2.45, 2.75) is 19.3 Å². The number of aromatic nitrogens is 1. The van der Waals surface area contributed by atoms with Gasteiger partial charge in [-0.3, -0.25) is 0 Å². The van der Waals surface area contributed by atoms with Gasteiger partial charge in [0.2, 0.25) is 0 Å². The Morgan fingerprint density at radius 3 is 1.78 bits per heavy atom. The fourth-order valence-electron chi connectivity index (χ4n) is 10.3. The van der Waals surface area contributed by atoms with Crippen molar-refractivity contribution in [2.24, 2.45) is 0 Å². The maximum Gasteiger partial charge on any atom is 0.135 e. The molecule has 0 spiro atoms. The first-order valence-electron chi connectivity index (χ1n) is 20.7. The van der Waals surface area contributed by atoms with E-state index >= 15 is 0 Å². The Bertz CT molecular complexity index is 3730. The minimum Gasteiger partial charge on any atom is -0.456 e. The third kappa shape index (κ3) is 4.75. The van der Waals surface area contributed by atoms with E-state index in [0.29, 0.717) is 0 Å². The number of thiophene rings is 1. The molecule has 60 heavy (non-hydrogen) atoms. The Morgan fingerprint density at radius 1 is 0.400 bits per heavy atom. The van der Waals surface area contributed by atoms with Crippen molar-refractivity contribution in [1.29, 1.82) is 0 Å². The van der Waals surface area contributed by atoms with Gasteiger partial charge in [-0.1, -0.05) is 147 Å². The molecule has 0 fully saturated rings. The molecular formula is C57H37NOS. The van der Waals surface area contributed by atoms with Crippen molar-refractivity contribution >= 4 is 75.3 Å². The molecule has 12 aromatic rings. The highest BCUT2D eigenvalue weighted by molar-refractivity contribution is 7.27. The molecule has 0 aliphatic heterocycles. The molecule has 2 nitrogen and oxygen atoms in total. The van der Waals surface area contributed by atoms with Crippen LogP contribution in [0.3, 0.4) is 0 Å². The van der Waals surface area contributed by atoms with Crippen molar-refractivity contribution in [3.8, 4) is 50.2 Å². The van der Waals surface area contributed by atoms with Gasteiger partial charge in [0.1, 0.15) is 11.2 Å². The van der Waals surface area contributed by atoms with Crippen LogP contribution in [0.2, 0.25) is 0 Å². The Kier molecular flexibility index (Phi) is 6.98. The van der Waals surface area contributed by atoms with E-state index in [1.165, 1.54) is 97.6 Å². The molecule has 1 aliphatic carbocycles. The van der Waals surface area contributed by atoms with E-state index in [2.05, 4.69) is 194 Å². The van der Waals surface area contributed by atoms with E-state index < -0.39 is 0 Å². The van der Waals surface area contributed by atoms with Gasteiger partial charge in [-0.25, -0.2) is 0 Å². The maximum atomic E-state index is 6.17. The second-order valence-electron chi connectivity index (χ2n) is 16.8. The number of hydrogen-bond donors (Lipinski definition) is 0. The van der Waals surface area contributed by atoms with Crippen LogP contribution in [0.4, 0.5) is 0 Å². The highest BCUT2D eigenvalue weighted by atomic mass is 32.1. The van der Waals surface area contributed by atoms with Gasteiger partial charge in [0.05, 0.1) is 11.0 Å². The van der Waals surface area contributed by atoms with Crippen molar-refractivity contribution < 1.29 is 4.42 Å². The average Bonchev–Trinajstić information content (AvgIpc) is 4.03. The third-order valence-electron chi connectivity index (χ3n) is 13.2. The lowest BCUT2D eigenvalue weighted by Crippen LogP contribution is -2.14. The summed E-state index contributed by atoms with van der Waals surface area (Å²) in [6, 6.07) is 69.2. The molecule has 1 aliphatic rings. The molecule has 0 saturated carbocycles. The summed E-state index contributed by atoms with van der Waals surface area (Å²) < 4.78 is 11.3. The lowest BCUT2D eigenvalue weighted by atomic mass is 9.82. The molecule has 0 bridgehead atoms. The van der Waals surface area contributed by atoms with Crippen molar-refractivity contribution in [3.63, 3.8) is 0 Å². The van der Waals surface area contributed by atoms with Crippen molar-refractivity contribution in [1.82, 2.24) is 4.57 Å². The molecule has 3 heterocycles. The summed E-state index contributed by atoms with van der Waals surface area (Å²) in [5.41, 5.74) is 18.3. The van der Waals surface area contributed by atoms with E-state index in [4.69, 9.17) is 4.42 Å². The van der Waals surface area contributed by atoms with E-state index in [-0.39, 0.29) is 5.41 Å². The minimum atomic E-state index is -0.0119. The summed E-state index contributed by atoms with van der Waals surface area (Å²) in [4.78, 5) is 0. The lowest BCUT2D eigenvalue weighted by Gasteiger charge is -2.21. The number of benzene rings is 9. The van der Waals surface area contributed by atoms with Gasteiger partial charge in [-0.05, 0) is 105 Å². The van der Waals surface area contributed by atoms with Crippen LogP contribution in [0.5, 0.6) is 0 Å². The largest absolute Gasteiger partial charge is 0.456 e. The van der Waals surface area contributed by atoms with Crippen LogP contribution in [0, 0.1) is 0 Å². The molecule has 9 aromatic carbocycles. The number of hydrogen-bond acceptors (Lipinski definition) is 2. The molecule has 0 atom stereocenters. The molecule has 3 heteroatoms. The molecule has 282 valence electrons. The zero-order valence-corrected chi connectivity index (χ0v) is 34.0. The summed E-state index contributed by atoms with van der Waals surface area (Å²) in [5.74, 6) is 0. The number of nitrogens with zero attached hydrogens (tertiary/aromatic N) is 1. The average molecular weight is 784 g/mol. The second kappa shape index (κ2) is 12.4. The molecule has 0 N–H and O–H groups in total. The van der Waals surface area contributed by atoms with E-state index in [9.17, 15) is 0 Å². The molecule has 0 radical (unpaired) electrons. The van der Waals surface area contributed by atoms with Crippen molar-refractivity contribution in [2.75, 3.05) is 0 Å². The maximum absolute atomic E-state index is 6.17. The Balaban J connectivity index is 0.928. The number of furan rings is 1. The number of para-hydroxylation sites is 2. The topological polar surface area (TPSA) is 18.1 Å². The van der Waals surface area contributed by atoms with E-state index in [1.54, 1.807) is 0 Å². The zero-order valence-electron chi connectivity index (χ0n) is 33.2. The van der Waals surface area contributed by atoms with E-state index in [1.807, 2.05) is 23.5 Å². The molecular weight excluding hydrogens is 747 g/mol. The predicted molar refractivity (Wildman–Crippen MR) is 255 cm³/mol. The predicted octanol–water partition coefficient (Wildman–Crippen LogP) is 16.4. The summed E-state index contributed by atoms with van der Waals surface area (Å²) in [5, 5.41) is 7.43. The normalized spacial score (nSPS) is 13.3. The summed E-state index contributed by atoms with van der Waals surface area (Å²) >= 11 is 1.95. The van der Waals surface area contributed by atoms with Gasteiger partial charge in [0.25, 0.3) is 0 Å². The van der Waals surface area contributed by atoms with Crippen LogP contribution in [0.25, 0.3) is 114 Å². The van der Waals surface area contributed by atoms with Crippen molar-refractivity contribution in [3.05, 3.63) is 199 Å². The second-order valence-corrected chi connectivity index (χ2v) is 17.9. The third-order valence-corrected chi connectivity index (χ3v) is 14.5. The van der Waals surface area contributed by atoms with Crippen LogP contribution in [-0.4, -0.2) is 4.57 Å². The molecule has 0 amide bonds. The van der Waals surface area contributed by atoms with Gasteiger partial charge in [0, 0.05) is 58.4 Å². The Hall–Kier alpha value is -7.20. The smallest absolute Gasteiger partial charge is 0.135 e. The Labute approximate surface area is 351 Å². The zero-order chi connectivity index (χ0) is 39.7. The first-order valence-corrected chi connectivity index (χ1v) is 21.6. The summed E-state index contributed by atoms with van der Waals surface area (Å²) in [7, 11) is 0. The fraction of sp³-hybridized carbons (Fsp3) is 0.0526. The summed E-state index contributed by atoms with van der Waals surface area (Å²) in [6.45, 7) is 4.73.